The molecule has 0 spiro atoms. The topological polar surface area (TPSA) is 12.9 Å². The van der Waals surface area contributed by atoms with Gasteiger partial charge in [-0.05, 0) is 38.5 Å². The summed E-state index contributed by atoms with van der Waals surface area (Å²) in [6.07, 6.45) is -2.74. The van der Waals surface area contributed by atoms with Crippen molar-refractivity contribution in [3.8, 4) is 0 Å². The highest BCUT2D eigenvalue weighted by Gasteiger charge is 2.14. The highest BCUT2D eigenvalue weighted by Crippen LogP contribution is 2.25. The molecule has 0 aliphatic carbocycles. The molecule has 1 aromatic rings. The maximum atomic E-state index is 12.8. The van der Waals surface area contributed by atoms with Gasteiger partial charge in [-0.25, -0.2) is 18.2 Å². The van der Waals surface area contributed by atoms with Gasteiger partial charge in [0, 0.05) is 6.07 Å². The van der Waals surface area contributed by atoms with Crippen molar-refractivity contribution in [2.24, 2.45) is 0 Å². The normalized spacial score (nSPS) is 10.8. The van der Waals surface area contributed by atoms with E-state index < -0.39 is 17.9 Å². The van der Waals surface area contributed by atoms with Gasteiger partial charge in [-0.3, -0.25) is 0 Å². The van der Waals surface area contributed by atoms with Crippen LogP contribution >= 0.6 is 38.5 Å². The molecule has 1 heterocycles. The lowest BCUT2D eigenvalue weighted by Crippen LogP contribution is -1.95. The molecule has 0 aromatic carbocycles. The average molecular weight is 352 g/mol. The van der Waals surface area contributed by atoms with Gasteiger partial charge in [0.25, 0.3) is 6.43 Å². The van der Waals surface area contributed by atoms with Crippen molar-refractivity contribution >= 4 is 38.5 Å². The van der Waals surface area contributed by atoms with Crippen molar-refractivity contribution in [3.05, 3.63) is 25.8 Å². The summed E-state index contributed by atoms with van der Waals surface area (Å²) in [7, 11) is 0. The van der Waals surface area contributed by atoms with Gasteiger partial charge in [-0.15, -0.1) is 0 Å². The average Bonchev–Trinajstić information content (AvgIpc) is 1.99. The standard InChI is InChI=1S/C6H2BrF3IN/c7-5-4(11)2(8)1-3(12-5)6(9)10/h1,6H. The lowest BCUT2D eigenvalue weighted by Gasteiger charge is -2.01. The van der Waals surface area contributed by atoms with Crippen molar-refractivity contribution in [3.63, 3.8) is 0 Å². The van der Waals surface area contributed by atoms with Crippen LogP contribution in [0.5, 0.6) is 0 Å². The van der Waals surface area contributed by atoms with E-state index in [1.807, 2.05) is 0 Å². The maximum Gasteiger partial charge on any atom is 0.280 e. The van der Waals surface area contributed by atoms with Crippen molar-refractivity contribution in [2.45, 2.75) is 6.43 Å². The Hall–Kier alpha value is 0.150. The van der Waals surface area contributed by atoms with E-state index in [1.165, 1.54) is 0 Å². The van der Waals surface area contributed by atoms with Crippen molar-refractivity contribution in [1.82, 2.24) is 4.98 Å². The first kappa shape index (κ1) is 10.2. The summed E-state index contributed by atoms with van der Waals surface area (Å²) in [5.41, 5.74) is -0.556. The molecule has 0 bridgehead atoms. The first-order valence-corrected chi connectivity index (χ1v) is 4.69. The third kappa shape index (κ3) is 2.09. The SMILES string of the molecule is Fc1cc(C(F)F)nc(Br)c1I. The second kappa shape index (κ2) is 3.91. The Bertz CT molecular complexity index is 282. The Balaban J connectivity index is 3.21. The van der Waals surface area contributed by atoms with Gasteiger partial charge >= 0.3 is 0 Å². The zero-order valence-electron chi connectivity index (χ0n) is 5.49. The third-order valence-corrected chi connectivity index (χ3v) is 3.46. The zero-order chi connectivity index (χ0) is 9.30. The minimum atomic E-state index is -2.74. The van der Waals surface area contributed by atoms with Gasteiger partial charge in [0.2, 0.25) is 0 Å². The summed E-state index contributed by atoms with van der Waals surface area (Å²) in [4.78, 5) is 3.45. The molecule has 0 N–H and O–H groups in total. The molecule has 0 saturated carbocycles. The molecule has 0 atom stereocenters. The first-order valence-electron chi connectivity index (χ1n) is 2.82. The van der Waals surface area contributed by atoms with Crippen LogP contribution in [0.4, 0.5) is 13.2 Å². The molecular weight excluding hydrogens is 350 g/mol. The molecule has 0 radical (unpaired) electrons. The smallest absolute Gasteiger partial charge is 0.239 e. The molecule has 12 heavy (non-hydrogen) atoms. The highest BCUT2D eigenvalue weighted by molar-refractivity contribution is 14.1. The van der Waals surface area contributed by atoms with Gasteiger partial charge in [0.05, 0.1) is 3.57 Å². The molecule has 0 saturated heterocycles. The summed E-state index contributed by atoms with van der Waals surface area (Å²) < 4.78 is 37.1. The minimum absolute atomic E-state index is 0.110. The van der Waals surface area contributed by atoms with Crippen LogP contribution in [0.25, 0.3) is 0 Å². The number of nitrogens with zero attached hydrogens (tertiary/aromatic N) is 1. The summed E-state index contributed by atoms with van der Waals surface area (Å²) in [6, 6.07) is 0.733. The van der Waals surface area contributed by atoms with Crippen LogP contribution in [0.15, 0.2) is 10.7 Å². The number of pyridine rings is 1. The van der Waals surface area contributed by atoms with Crippen molar-refractivity contribution < 1.29 is 13.2 Å². The Morgan fingerprint density at radius 3 is 2.50 bits per heavy atom. The van der Waals surface area contributed by atoms with Crippen molar-refractivity contribution in [2.75, 3.05) is 0 Å². The first-order chi connectivity index (χ1) is 5.52. The second-order valence-electron chi connectivity index (χ2n) is 1.93. The molecule has 0 fully saturated rings. The fourth-order valence-electron chi connectivity index (χ4n) is 0.598. The predicted octanol–water partition coefficient (Wildman–Crippen LogP) is 3.53. The van der Waals surface area contributed by atoms with Gasteiger partial charge in [-0.1, -0.05) is 0 Å². The number of hydrogen-bond acceptors (Lipinski definition) is 1. The maximum absolute atomic E-state index is 12.8. The zero-order valence-corrected chi connectivity index (χ0v) is 9.24. The van der Waals surface area contributed by atoms with E-state index in [0.717, 1.165) is 6.07 Å². The van der Waals surface area contributed by atoms with E-state index >= 15 is 0 Å². The number of halogens is 5. The largest absolute Gasteiger partial charge is 0.280 e. The number of alkyl halides is 2. The van der Waals surface area contributed by atoms with Crippen LogP contribution < -0.4 is 0 Å². The fourth-order valence-corrected chi connectivity index (χ4v) is 1.27. The van der Waals surface area contributed by atoms with Gasteiger partial charge < -0.3 is 0 Å². The monoisotopic (exact) mass is 351 g/mol. The van der Waals surface area contributed by atoms with E-state index in [2.05, 4.69) is 20.9 Å². The van der Waals surface area contributed by atoms with Gasteiger partial charge in [0.1, 0.15) is 16.1 Å². The predicted molar refractivity (Wildman–Crippen MR) is 49.6 cm³/mol. The van der Waals surface area contributed by atoms with Crippen LogP contribution in [0, 0.1) is 9.39 Å². The molecule has 0 aliphatic rings. The Labute approximate surface area is 88.6 Å². The number of hydrogen-bond donors (Lipinski definition) is 0. The summed E-state index contributed by atoms with van der Waals surface area (Å²) in [5.74, 6) is -0.687. The molecule has 6 heteroatoms. The second-order valence-corrected chi connectivity index (χ2v) is 3.76. The lowest BCUT2D eigenvalue weighted by molar-refractivity contribution is 0.145. The van der Waals surface area contributed by atoms with Crippen LogP contribution in [0.2, 0.25) is 0 Å². The molecule has 0 aliphatic heterocycles. The fraction of sp³-hybridized carbons (Fsp3) is 0.167. The summed E-state index contributed by atoms with van der Waals surface area (Å²) in [5, 5.41) is 0. The van der Waals surface area contributed by atoms with Crippen LogP contribution in [0.1, 0.15) is 12.1 Å². The van der Waals surface area contributed by atoms with Crippen LogP contribution in [-0.4, -0.2) is 4.98 Å². The Kier molecular flexibility index (Phi) is 3.33. The number of rotatable bonds is 1. The molecule has 0 amide bonds. The quantitative estimate of drug-likeness (QED) is 0.557. The highest BCUT2D eigenvalue weighted by atomic mass is 127. The summed E-state index contributed by atoms with van der Waals surface area (Å²) in [6.45, 7) is 0. The van der Waals surface area contributed by atoms with Crippen LogP contribution in [0.3, 0.4) is 0 Å². The van der Waals surface area contributed by atoms with E-state index in [9.17, 15) is 13.2 Å². The molecule has 1 nitrogen and oxygen atoms in total. The Morgan fingerprint density at radius 2 is 2.08 bits per heavy atom. The van der Waals surface area contributed by atoms with E-state index in [-0.39, 0.29) is 8.17 Å². The minimum Gasteiger partial charge on any atom is -0.239 e. The number of aromatic nitrogens is 1. The summed E-state index contributed by atoms with van der Waals surface area (Å²) >= 11 is 4.55. The van der Waals surface area contributed by atoms with E-state index in [4.69, 9.17) is 0 Å². The lowest BCUT2D eigenvalue weighted by atomic mass is 10.3. The van der Waals surface area contributed by atoms with Crippen LogP contribution in [-0.2, 0) is 0 Å². The van der Waals surface area contributed by atoms with E-state index in [1.54, 1.807) is 22.6 Å². The molecule has 1 aromatic heterocycles. The molecule has 0 unspecified atom stereocenters. The molecule has 1 rings (SSSR count). The van der Waals surface area contributed by atoms with E-state index in [0.29, 0.717) is 0 Å². The molecule has 66 valence electrons. The Morgan fingerprint density at radius 1 is 1.50 bits per heavy atom. The van der Waals surface area contributed by atoms with Gasteiger partial charge in [-0.2, -0.15) is 0 Å². The van der Waals surface area contributed by atoms with Crippen molar-refractivity contribution in [1.29, 1.82) is 0 Å². The van der Waals surface area contributed by atoms with Gasteiger partial charge in [0.15, 0.2) is 0 Å². The third-order valence-electron chi connectivity index (χ3n) is 1.12. The molecular formula is C6H2BrF3IN.